The Morgan fingerprint density at radius 1 is 0.828 bits per heavy atom. The van der Waals surface area contributed by atoms with Crippen LogP contribution >= 0.6 is 0 Å². The van der Waals surface area contributed by atoms with Crippen LogP contribution in [0.5, 0.6) is 5.75 Å². The summed E-state index contributed by atoms with van der Waals surface area (Å²) in [5, 5.41) is 0. The zero-order valence-electron chi connectivity index (χ0n) is 16.6. The molecule has 29 heavy (non-hydrogen) atoms. The number of rotatable bonds is 5. The normalized spacial score (nSPS) is 19.3. The van der Waals surface area contributed by atoms with E-state index in [0.717, 1.165) is 32.6 Å². The molecule has 0 bridgehead atoms. The van der Waals surface area contributed by atoms with Crippen LogP contribution in [0.25, 0.3) is 0 Å². The van der Waals surface area contributed by atoms with Gasteiger partial charge in [0.05, 0.1) is 5.92 Å². The van der Waals surface area contributed by atoms with Gasteiger partial charge in [0.15, 0.2) is 6.61 Å². The van der Waals surface area contributed by atoms with E-state index in [2.05, 4.69) is 17.0 Å². The lowest BCUT2D eigenvalue weighted by atomic mass is 10.1. The fourth-order valence-electron chi connectivity index (χ4n) is 4.02. The second kappa shape index (κ2) is 8.99. The highest BCUT2D eigenvalue weighted by Gasteiger charge is 2.34. The van der Waals surface area contributed by atoms with Gasteiger partial charge in [-0.05, 0) is 30.7 Å². The molecule has 6 nitrogen and oxygen atoms in total. The van der Waals surface area contributed by atoms with Crippen molar-refractivity contribution in [1.29, 1.82) is 0 Å². The van der Waals surface area contributed by atoms with Crippen molar-refractivity contribution in [2.24, 2.45) is 5.92 Å². The number of ether oxygens (including phenoxy) is 1. The topological polar surface area (TPSA) is 53.1 Å². The summed E-state index contributed by atoms with van der Waals surface area (Å²) in [7, 11) is 0. The fraction of sp³-hybridized carbons (Fsp3) is 0.391. The number of hydrogen-bond acceptors (Lipinski definition) is 4. The largest absolute Gasteiger partial charge is 0.484 e. The molecule has 0 radical (unpaired) electrons. The third-order valence-corrected chi connectivity index (χ3v) is 5.71. The Kier molecular flexibility index (Phi) is 5.98. The lowest BCUT2D eigenvalue weighted by Gasteiger charge is -2.37. The molecule has 2 aliphatic heterocycles. The van der Waals surface area contributed by atoms with Crippen LogP contribution in [0, 0.1) is 5.92 Å². The van der Waals surface area contributed by atoms with Crippen LogP contribution in [0.1, 0.15) is 6.42 Å². The molecule has 4 rings (SSSR count). The van der Waals surface area contributed by atoms with Crippen molar-refractivity contribution >= 4 is 17.5 Å². The minimum Gasteiger partial charge on any atom is -0.484 e. The molecule has 0 saturated carbocycles. The summed E-state index contributed by atoms with van der Waals surface area (Å²) < 4.78 is 5.55. The van der Waals surface area contributed by atoms with Crippen molar-refractivity contribution in [2.45, 2.75) is 6.42 Å². The first-order valence-corrected chi connectivity index (χ1v) is 10.2. The molecule has 0 spiro atoms. The van der Waals surface area contributed by atoms with Crippen LogP contribution in [-0.4, -0.2) is 67.5 Å². The quantitative estimate of drug-likeness (QED) is 0.782. The fourth-order valence-corrected chi connectivity index (χ4v) is 4.02. The first-order chi connectivity index (χ1) is 14.2. The van der Waals surface area contributed by atoms with Gasteiger partial charge in [-0.15, -0.1) is 0 Å². The van der Waals surface area contributed by atoms with Crippen molar-refractivity contribution < 1.29 is 14.3 Å². The molecular weight excluding hydrogens is 366 g/mol. The summed E-state index contributed by atoms with van der Waals surface area (Å²) in [5.41, 5.74) is 1.20. The van der Waals surface area contributed by atoms with E-state index in [0.29, 0.717) is 18.8 Å². The van der Waals surface area contributed by atoms with Gasteiger partial charge in [0, 0.05) is 45.0 Å². The minimum atomic E-state index is -0.0982. The van der Waals surface area contributed by atoms with Gasteiger partial charge in [0.2, 0.25) is 5.91 Å². The maximum absolute atomic E-state index is 12.9. The standard InChI is InChI=1S/C23H27N3O3/c27-22(18-29-21-9-5-2-6-10-21)26-12-11-19(17-26)23(28)25-15-13-24(14-16-25)20-7-3-1-4-8-20/h1-10,19H,11-18H2. The smallest absolute Gasteiger partial charge is 0.260 e. The van der Waals surface area contributed by atoms with E-state index in [-0.39, 0.29) is 24.3 Å². The van der Waals surface area contributed by atoms with Crippen molar-refractivity contribution in [3.05, 3.63) is 60.7 Å². The van der Waals surface area contributed by atoms with E-state index in [1.54, 1.807) is 4.90 Å². The Labute approximate surface area is 171 Å². The maximum Gasteiger partial charge on any atom is 0.260 e. The number of likely N-dealkylation sites (tertiary alicyclic amines) is 1. The molecule has 2 aromatic rings. The van der Waals surface area contributed by atoms with Crippen LogP contribution in [0.3, 0.4) is 0 Å². The second-order valence-electron chi connectivity index (χ2n) is 7.57. The predicted molar refractivity (Wildman–Crippen MR) is 112 cm³/mol. The van der Waals surface area contributed by atoms with Gasteiger partial charge in [-0.2, -0.15) is 0 Å². The molecule has 2 aromatic carbocycles. The van der Waals surface area contributed by atoms with Crippen LogP contribution in [0.15, 0.2) is 60.7 Å². The molecule has 2 amide bonds. The first-order valence-electron chi connectivity index (χ1n) is 10.2. The highest BCUT2D eigenvalue weighted by Crippen LogP contribution is 2.22. The monoisotopic (exact) mass is 393 g/mol. The van der Waals surface area contributed by atoms with Crippen LogP contribution in [0.4, 0.5) is 5.69 Å². The van der Waals surface area contributed by atoms with E-state index in [9.17, 15) is 9.59 Å². The Morgan fingerprint density at radius 2 is 1.48 bits per heavy atom. The SMILES string of the molecule is O=C(COc1ccccc1)N1CCC(C(=O)N2CCN(c3ccccc3)CC2)C1. The third kappa shape index (κ3) is 4.70. The van der Waals surface area contributed by atoms with Gasteiger partial charge in [0.1, 0.15) is 5.75 Å². The predicted octanol–water partition coefficient (Wildman–Crippen LogP) is 2.26. The number of benzene rings is 2. The molecule has 2 saturated heterocycles. The van der Waals surface area contributed by atoms with E-state index >= 15 is 0 Å². The summed E-state index contributed by atoms with van der Waals surface area (Å²) in [4.78, 5) is 31.4. The molecule has 2 fully saturated rings. The molecule has 0 aliphatic carbocycles. The molecule has 0 N–H and O–H groups in total. The number of anilines is 1. The molecule has 6 heteroatoms. The third-order valence-electron chi connectivity index (χ3n) is 5.71. The number of para-hydroxylation sites is 2. The molecule has 152 valence electrons. The first kappa shape index (κ1) is 19.3. The number of amides is 2. The van der Waals surface area contributed by atoms with Gasteiger partial charge < -0.3 is 19.4 Å². The number of nitrogens with zero attached hydrogens (tertiary/aromatic N) is 3. The van der Waals surface area contributed by atoms with Crippen LogP contribution < -0.4 is 9.64 Å². The van der Waals surface area contributed by atoms with Crippen molar-refractivity contribution in [3.8, 4) is 5.75 Å². The number of piperazine rings is 1. The summed E-state index contributed by atoms with van der Waals surface area (Å²) >= 11 is 0. The van der Waals surface area contributed by atoms with Crippen LogP contribution in [0.2, 0.25) is 0 Å². The maximum atomic E-state index is 12.9. The summed E-state index contributed by atoms with van der Waals surface area (Å²) in [6, 6.07) is 19.6. The zero-order chi connectivity index (χ0) is 20.1. The van der Waals surface area contributed by atoms with Crippen molar-refractivity contribution in [3.63, 3.8) is 0 Å². The lowest BCUT2D eigenvalue weighted by Crippen LogP contribution is -2.50. The summed E-state index contributed by atoms with van der Waals surface area (Å²) in [6.45, 7) is 4.28. The molecule has 2 aliphatic rings. The van der Waals surface area contributed by atoms with Gasteiger partial charge in [-0.1, -0.05) is 36.4 Å². The highest BCUT2D eigenvalue weighted by molar-refractivity contribution is 5.83. The number of carbonyl (C=O) groups is 2. The Bertz CT molecular complexity index is 820. The van der Waals surface area contributed by atoms with E-state index in [4.69, 9.17) is 4.74 Å². The highest BCUT2D eigenvalue weighted by atomic mass is 16.5. The van der Waals surface area contributed by atoms with E-state index in [1.807, 2.05) is 53.4 Å². The van der Waals surface area contributed by atoms with Gasteiger partial charge in [0.25, 0.3) is 5.91 Å². The summed E-state index contributed by atoms with van der Waals surface area (Å²) in [5.74, 6) is 0.706. The van der Waals surface area contributed by atoms with Gasteiger partial charge in [-0.3, -0.25) is 9.59 Å². The van der Waals surface area contributed by atoms with Crippen LogP contribution in [-0.2, 0) is 9.59 Å². The van der Waals surface area contributed by atoms with E-state index in [1.165, 1.54) is 5.69 Å². The zero-order valence-corrected chi connectivity index (χ0v) is 16.6. The van der Waals surface area contributed by atoms with E-state index < -0.39 is 0 Å². The van der Waals surface area contributed by atoms with Crippen molar-refractivity contribution in [1.82, 2.24) is 9.80 Å². The molecule has 2 heterocycles. The lowest BCUT2D eigenvalue weighted by molar-refractivity contribution is -0.136. The molecular formula is C23H27N3O3. The second-order valence-corrected chi connectivity index (χ2v) is 7.57. The Hall–Kier alpha value is -3.02. The molecule has 1 atom stereocenters. The number of carbonyl (C=O) groups excluding carboxylic acids is 2. The van der Waals surface area contributed by atoms with Crippen molar-refractivity contribution in [2.75, 3.05) is 50.8 Å². The molecule has 0 aromatic heterocycles. The number of hydrogen-bond donors (Lipinski definition) is 0. The van der Waals surface area contributed by atoms with Gasteiger partial charge >= 0.3 is 0 Å². The summed E-state index contributed by atoms with van der Waals surface area (Å²) in [6.07, 6.45) is 0.731. The minimum absolute atomic E-state index is 0.0146. The molecule has 1 unspecified atom stereocenters. The Morgan fingerprint density at radius 3 is 2.17 bits per heavy atom. The van der Waals surface area contributed by atoms with Gasteiger partial charge in [-0.25, -0.2) is 0 Å². The average molecular weight is 393 g/mol. The Balaban J connectivity index is 1.24. The average Bonchev–Trinajstić information content (AvgIpc) is 3.29.